The van der Waals surface area contributed by atoms with Crippen molar-refractivity contribution in [2.45, 2.75) is 24.2 Å². The van der Waals surface area contributed by atoms with Crippen LogP contribution >= 0.6 is 0 Å². The first-order valence-corrected chi connectivity index (χ1v) is 9.10. The Labute approximate surface area is 153 Å². The molecule has 1 aliphatic rings. The molecule has 8 nitrogen and oxygen atoms in total. The fourth-order valence-corrected chi connectivity index (χ4v) is 4.18. The number of methoxy groups -OCH3 is 1. The fourth-order valence-electron chi connectivity index (χ4n) is 2.62. The molecule has 0 aromatic heterocycles. The molecule has 150 valence electrons. The fraction of sp³-hybridized carbons (Fsp3) is 0.467. The Balaban J connectivity index is 2.30. The Morgan fingerprint density at radius 1 is 1.15 bits per heavy atom. The number of benzene rings is 1. The second kappa shape index (κ2) is 7.72. The predicted octanol–water partition coefficient (Wildman–Crippen LogP) is 0.980. The molecule has 1 amide bonds. The number of halogens is 3. The van der Waals surface area contributed by atoms with E-state index < -0.39 is 34.1 Å². The van der Waals surface area contributed by atoms with E-state index >= 15 is 0 Å². The maximum Gasteiger partial charge on any atom is 0.573 e. The summed E-state index contributed by atoms with van der Waals surface area (Å²) in [5, 5.41) is 0. The van der Waals surface area contributed by atoms with Gasteiger partial charge in [0.2, 0.25) is 15.9 Å². The van der Waals surface area contributed by atoms with Crippen molar-refractivity contribution in [3.63, 3.8) is 0 Å². The molecule has 0 spiro atoms. The van der Waals surface area contributed by atoms with Crippen LogP contribution < -0.4 is 4.74 Å². The molecule has 0 radical (unpaired) electrons. The van der Waals surface area contributed by atoms with E-state index in [9.17, 15) is 31.2 Å². The lowest BCUT2D eigenvalue weighted by atomic mass is 10.2. The molecule has 12 heteroatoms. The molecule has 0 saturated carbocycles. The molecule has 1 aromatic rings. The summed E-state index contributed by atoms with van der Waals surface area (Å²) >= 11 is 0. The highest BCUT2D eigenvalue weighted by molar-refractivity contribution is 7.89. The van der Waals surface area contributed by atoms with E-state index in [4.69, 9.17) is 0 Å². The zero-order valence-electron chi connectivity index (χ0n) is 14.4. The minimum absolute atomic E-state index is 0.0668. The van der Waals surface area contributed by atoms with Gasteiger partial charge in [-0.2, -0.15) is 4.31 Å². The highest BCUT2D eigenvalue weighted by Gasteiger charge is 2.41. The second-order valence-corrected chi connectivity index (χ2v) is 7.53. The summed E-state index contributed by atoms with van der Waals surface area (Å²) in [6.07, 6.45) is -4.90. The summed E-state index contributed by atoms with van der Waals surface area (Å²) in [5.41, 5.74) is 0. The van der Waals surface area contributed by atoms with Gasteiger partial charge in [0.25, 0.3) is 0 Å². The molecular formula is C15H17F3N2O6S. The number of carbonyl (C=O) groups excluding carboxylic acids is 2. The molecule has 1 saturated heterocycles. The summed E-state index contributed by atoms with van der Waals surface area (Å²) in [7, 11) is -3.13. The van der Waals surface area contributed by atoms with Crippen molar-refractivity contribution >= 4 is 21.9 Å². The van der Waals surface area contributed by atoms with Crippen LogP contribution in [0.3, 0.4) is 0 Å². The number of amides is 1. The van der Waals surface area contributed by atoms with Crippen molar-refractivity contribution in [3.8, 4) is 5.75 Å². The van der Waals surface area contributed by atoms with E-state index in [0.717, 1.165) is 35.7 Å². The zero-order chi connectivity index (χ0) is 20.4. The van der Waals surface area contributed by atoms with Gasteiger partial charge in [0.1, 0.15) is 11.8 Å². The van der Waals surface area contributed by atoms with Crippen molar-refractivity contribution in [1.29, 1.82) is 0 Å². The molecule has 1 atom stereocenters. The summed E-state index contributed by atoms with van der Waals surface area (Å²) in [6, 6.07) is 2.35. The SMILES string of the molecule is COC(=O)[C@H]1CN(C(C)=O)CCN1S(=O)(=O)c1ccc(OC(F)(F)F)cc1. The van der Waals surface area contributed by atoms with Gasteiger partial charge in [0.05, 0.1) is 12.0 Å². The number of rotatable bonds is 4. The first kappa shape index (κ1) is 21.0. The molecule has 1 aliphatic heterocycles. The third kappa shape index (κ3) is 4.89. The third-order valence-electron chi connectivity index (χ3n) is 3.91. The Kier molecular flexibility index (Phi) is 6.00. The van der Waals surface area contributed by atoms with E-state index in [1.165, 1.54) is 11.8 Å². The number of nitrogens with zero attached hydrogens (tertiary/aromatic N) is 2. The van der Waals surface area contributed by atoms with Crippen LogP contribution in [0.15, 0.2) is 29.2 Å². The van der Waals surface area contributed by atoms with Crippen LogP contribution in [0.2, 0.25) is 0 Å². The molecule has 0 aliphatic carbocycles. The van der Waals surface area contributed by atoms with E-state index in [1.54, 1.807) is 0 Å². The normalized spacial score (nSPS) is 18.9. The lowest BCUT2D eigenvalue weighted by molar-refractivity contribution is -0.274. The van der Waals surface area contributed by atoms with Crippen LogP contribution in [-0.2, 0) is 24.3 Å². The minimum Gasteiger partial charge on any atom is -0.468 e. The van der Waals surface area contributed by atoms with Gasteiger partial charge < -0.3 is 14.4 Å². The van der Waals surface area contributed by atoms with E-state index in [1.807, 2.05) is 0 Å². The van der Waals surface area contributed by atoms with Crippen molar-refractivity contribution < 1.29 is 40.7 Å². The largest absolute Gasteiger partial charge is 0.573 e. The molecule has 0 bridgehead atoms. The van der Waals surface area contributed by atoms with Crippen molar-refractivity contribution in [2.24, 2.45) is 0 Å². The topological polar surface area (TPSA) is 93.2 Å². The number of hydrogen-bond acceptors (Lipinski definition) is 6. The van der Waals surface area contributed by atoms with Gasteiger partial charge in [-0.25, -0.2) is 8.42 Å². The van der Waals surface area contributed by atoms with Gasteiger partial charge in [0.15, 0.2) is 0 Å². The maximum absolute atomic E-state index is 12.8. The van der Waals surface area contributed by atoms with Gasteiger partial charge >= 0.3 is 12.3 Å². The first-order chi connectivity index (χ1) is 12.5. The number of ether oxygens (including phenoxy) is 2. The smallest absolute Gasteiger partial charge is 0.468 e. The lowest BCUT2D eigenvalue weighted by Crippen LogP contribution is -2.59. The summed E-state index contributed by atoms with van der Waals surface area (Å²) in [4.78, 5) is 24.6. The average molecular weight is 410 g/mol. The summed E-state index contributed by atoms with van der Waals surface area (Å²) in [5.74, 6) is -1.75. The Morgan fingerprint density at radius 3 is 2.22 bits per heavy atom. The maximum atomic E-state index is 12.8. The van der Waals surface area contributed by atoms with Gasteiger partial charge in [0, 0.05) is 26.6 Å². The van der Waals surface area contributed by atoms with Crippen molar-refractivity contribution in [1.82, 2.24) is 9.21 Å². The van der Waals surface area contributed by atoms with Crippen LogP contribution in [-0.4, -0.2) is 68.6 Å². The van der Waals surface area contributed by atoms with E-state index in [2.05, 4.69) is 9.47 Å². The quantitative estimate of drug-likeness (QED) is 0.687. The van der Waals surface area contributed by atoms with Crippen LogP contribution in [0.1, 0.15) is 6.92 Å². The number of piperazine rings is 1. The standard InChI is InChI=1S/C15H17F3N2O6S/c1-10(21)19-7-8-20(13(9-19)14(22)25-2)27(23,24)12-5-3-11(4-6-12)26-15(16,17)18/h3-6,13H,7-9H2,1-2H3/t13-/m1/s1. The van der Waals surface area contributed by atoms with Crippen LogP contribution in [0.5, 0.6) is 5.75 Å². The molecule has 1 heterocycles. The predicted molar refractivity (Wildman–Crippen MR) is 85.1 cm³/mol. The van der Waals surface area contributed by atoms with Gasteiger partial charge in [-0.15, -0.1) is 13.2 Å². The van der Waals surface area contributed by atoms with Gasteiger partial charge in [-0.3, -0.25) is 9.59 Å². The number of carbonyl (C=O) groups is 2. The van der Waals surface area contributed by atoms with Crippen molar-refractivity contribution in [2.75, 3.05) is 26.7 Å². The Bertz CT molecular complexity index is 810. The van der Waals surface area contributed by atoms with Crippen LogP contribution in [0, 0.1) is 0 Å². The number of sulfonamides is 1. The average Bonchev–Trinajstić information content (AvgIpc) is 2.59. The van der Waals surface area contributed by atoms with Gasteiger partial charge in [-0.1, -0.05) is 0 Å². The van der Waals surface area contributed by atoms with E-state index in [-0.39, 0.29) is 30.4 Å². The molecule has 1 aromatic carbocycles. The number of hydrogen-bond donors (Lipinski definition) is 0. The number of esters is 1. The van der Waals surface area contributed by atoms with Crippen molar-refractivity contribution in [3.05, 3.63) is 24.3 Å². The lowest BCUT2D eigenvalue weighted by Gasteiger charge is -2.38. The Morgan fingerprint density at radius 2 is 1.74 bits per heavy atom. The zero-order valence-corrected chi connectivity index (χ0v) is 15.2. The molecule has 1 fully saturated rings. The molecule has 0 unspecified atom stereocenters. The van der Waals surface area contributed by atoms with E-state index in [0.29, 0.717) is 0 Å². The second-order valence-electron chi connectivity index (χ2n) is 5.64. The highest BCUT2D eigenvalue weighted by Crippen LogP contribution is 2.27. The monoisotopic (exact) mass is 410 g/mol. The highest BCUT2D eigenvalue weighted by atomic mass is 32.2. The Hall–Kier alpha value is -2.34. The third-order valence-corrected chi connectivity index (χ3v) is 5.84. The summed E-state index contributed by atoms with van der Waals surface area (Å²) < 4.78 is 71.5. The van der Waals surface area contributed by atoms with Crippen LogP contribution in [0.4, 0.5) is 13.2 Å². The molecular weight excluding hydrogens is 393 g/mol. The molecule has 2 rings (SSSR count). The van der Waals surface area contributed by atoms with Gasteiger partial charge in [-0.05, 0) is 24.3 Å². The van der Waals surface area contributed by atoms with Crippen LogP contribution in [0.25, 0.3) is 0 Å². The summed E-state index contributed by atoms with van der Waals surface area (Å²) in [6.45, 7) is 1.01. The molecule has 27 heavy (non-hydrogen) atoms. The minimum atomic E-state index is -4.90. The number of alkyl halides is 3. The molecule has 0 N–H and O–H groups in total. The first-order valence-electron chi connectivity index (χ1n) is 7.66.